The molecule has 0 spiro atoms. The van der Waals surface area contributed by atoms with E-state index >= 15 is 0 Å². The van der Waals surface area contributed by atoms with Gasteiger partial charge in [-0.25, -0.2) is 4.79 Å². The Morgan fingerprint density at radius 1 is 1.09 bits per heavy atom. The Labute approximate surface area is 207 Å². The van der Waals surface area contributed by atoms with Crippen LogP contribution in [0.4, 0.5) is 4.79 Å². The molecule has 7 heteroatoms. The van der Waals surface area contributed by atoms with Crippen molar-refractivity contribution in [2.24, 2.45) is 11.8 Å². The lowest BCUT2D eigenvalue weighted by molar-refractivity contribution is -0.132. The van der Waals surface area contributed by atoms with Crippen molar-refractivity contribution in [3.8, 4) is 0 Å². The summed E-state index contributed by atoms with van der Waals surface area (Å²) in [5.41, 5.74) is 2.26. The van der Waals surface area contributed by atoms with Crippen LogP contribution in [0.3, 0.4) is 0 Å². The lowest BCUT2D eigenvalue weighted by atomic mass is 9.81. The molecule has 3 aliphatic rings. The molecule has 0 radical (unpaired) electrons. The molecule has 0 bridgehead atoms. The third kappa shape index (κ3) is 5.68. The summed E-state index contributed by atoms with van der Waals surface area (Å²) < 4.78 is 0. The first-order chi connectivity index (χ1) is 16.5. The molecule has 34 heavy (non-hydrogen) atoms. The Bertz CT molecular complexity index is 908. The van der Waals surface area contributed by atoms with Crippen LogP contribution in [0.15, 0.2) is 35.7 Å². The summed E-state index contributed by atoms with van der Waals surface area (Å²) in [6.45, 7) is 5.92. The molecule has 2 atom stereocenters. The number of nitrogens with zero attached hydrogens (tertiary/aromatic N) is 2. The van der Waals surface area contributed by atoms with Crippen LogP contribution in [0, 0.1) is 18.8 Å². The van der Waals surface area contributed by atoms with Crippen molar-refractivity contribution in [2.75, 3.05) is 13.1 Å². The van der Waals surface area contributed by atoms with Gasteiger partial charge in [-0.3, -0.25) is 14.5 Å². The first-order valence-electron chi connectivity index (χ1n) is 12.7. The Morgan fingerprint density at radius 2 is 1.82 bits per heavy atom. The largest absolute Gasteiger partial charge is 0.356 e. The van der Waals surface area contributed by atoms with E-state index in [2.05, 4.69) is 36.5 Å². The highest BCUT2D eigenvalue weighted by Gasteiger charge is 2.47. The smallest absolute Gasteiger partial charge is 0.327 e. The van der Waals surface area contributed by atoms with Crippen LogP contribution in [0.2, 0.25) is 0 Å². The van der Waals surface area contributed by atoms with E-state index in [1.165, 1.54) is 22.2 Å². The van der Waals surface area contributed by atoms with E-state index in [4.69, 9.17) is 0 Å². The lowest BCUT2D eigenvalue weighted by Crippen LogP contribution is -2.62. The maximum absolute atomic E-state index is 13.5. The zero-order valence-corrected chi connectivity index (χ0v) is 21.2. The normalized spacial score (nSPS) is 26.6. The number of hydrogen-bond donors (Lipinski definition) is 1. The predicted molar refractivity (Wildman–Crippen MR) is 136 cm³/mol. The molecule has 2 aliphatic heterocycles. The van der Waals surface area contributed by atoms with Gasteiger partial charge in [0.25, 0.3) is 0 Å². The van der Waals surface area contributed by atoms with Crippen molar-refractivity contribution in [2.45, 2.75) is 76.6 Å². The van der Waals surface area contributed by atoms with Crippen LogP contribution >= 0.6 is 11.8 Å². The third-order valence-electron chi connectivity index (χ3n) is 7.37. The molecule has 4 amide bonds. The van der Waals surface area contributed by atoms with Gasteiger partial charge in [-0.05, 0) is 55.9 Å². The van der Waals surface area contributed by atoms with Crippen LogP contribution in [0.5, 0.6) is 0 Å². The van der Waals surface area contributed by atoms with Gasteiger partial charge >= 0.3 is 6.03 Å². The van der Waals surface area contributed by atoms with Crippen LogP contribution in [-0.2, 0) is 16.1 Å². The van der Waals surface area contributed by atoms with Gasteiger partial charge in [-0.1, -0.05) is 55.7 Å². The van der Waals surface area contributed by atoms with E-state index in [1.54, 1.807) is 0 Å². The first kappa shape index (κ1) is 24.8. The first-order valence-corrected chi connectivity index (χ1v) is 13.7. The molecule has 2 fully saturated rings. The van der Waals surface area contributed by atoms with Crippen LogP contribution in [0.1, 0.15) is 63.0 Å². The van der Waals surface area contributed by atoms with Gasteiger partial charge in [0.2, 0.25) is 11.8 Å². The minimum absolute atomic E-state index is 0.0580. The number of urea groups is 1. The summed E-state index contributed by atoms with van der Waals surface area (Å²) >= 11 is 1.52. The molecular formula is C27H37N3O3S. The molecule has 1 aromatic carbocycles. The summed E-state index contributed by atoms with van der Waals surface area (Å²) in [7, 11) is 0. The number of carbonyl (C=O) groups excluding carboxylic acids is 3. The predicted octanol–water partition coefficient (Wildman–Crippen LogP) is 4.87. The fourth-order valence-electron chi connectivity index (χ4n) is 5.22. The number of fused-ring (bicyclic) bond motifs is 1. The number of unbranched alkanes of at least 4 members (excludes halogenated alkanes) is 2. The summed E-state index contributed by atoms with van der Waals surface area (Å²) in [6.07, 6.45) is 8.72. The Morgan fingerprint density at radius 3 is 2.53 bits per heavy atom. The maximum atomic E-state index is 13.5. The monoisotopic (exact) mass is 483 g/mol. The van der Waals surface area contributed by atoms with E-state index in [1.807, 2.05) is 23.3 Å². The van der Waals surface area contributed by atoms with Gasteiger partial charge in [0.1, 0.15) is 5.25 Å². The molecule has 4 rings (SSSR count). The van der Waals surface area contributed by atoms with E-state index in [0.29, 0.717) is 13.1 Å². The maximum Gasteiger partial charge on any atom is 0.327 e. The van der Waals surface area contributed by atoms with Crippen LogP contribution < -0.4 is 5.32 Å². The standard InChI is InChI=1S/C27H37N3O3S/c1-3-4-5-15-28-25(31)22-12-10-21(11-13-22)18-30-26(32)24-23(14-16-34-24)29(27(30)33)17-20-8-6-19(2)7-9-20/h6-9,14,16,21-24H,3-5,10-13,15,17-18H2,1-2H3,(H,28,31). The third-order valence-corrected chi connectivity index (χ3v) is 8.46. The Balaban J connectivity index is 1.35. The topological polar surface area (TPSA) is 69.7 Å². The molecule has 0 aromatic heterocycles. The molecule has 184 valence electrons. The van der Waals surface area contributed by atoms with Gasteiger partial charge < -0.3 is 10.2 Å². The Hall–Kier alpha value is -2.28. The zero-order chi connectivity index (χ0) is 24.1. The van der Waals surface area contributed by atoms with Crippen molar-refractivity contribution < 1.29 is 14.4 Å². The highest BCUT2D eigenvalue weighted by atomic mass is 32.2. The molecule has 6 nitrogen and oxygen atoms in total. The molecule has 1 saturated carbocycles. The SMILES string of the molecule is CCCCCNC(=O)C1CCC(CN2C(=O)C3SC=CC3N(Cc3ccc(C)cc3)C2=O)CC1. The van der Waals surface area contributed by atoms with E-state index in [9.17, 15) is 14.4 Å². The summed E-state index contributed by atoms with van der Waals surface area (Å²) in [4.78, 5) is 42.5. The number of carbonyl (C=O) groups is 3. The number of rotatable bonds is 9. The molecule has 1 saturated heterocycles. The highest BCUT2D eigenvalue weighted by Crippen LogP contribution is 2.37. The van der Waals surface area contributed by atoms with Crippen molar-refractivity contribution in [3.05, 3.63) is 46.9 Å². The summed E-state index contributed by atoms with van der Waals surface area (Å²) in [5, 5.41) is 4.78. The van der Waals surface area contributed by atoms with Crippen LogP contribution in [-0.4, -0.2) is 52.0 Å². The van der Waals surface area contributed by atoms with Gasteiger partial charge in [0.05, 0.1) is 6.04 Å². The van der Waals surface area contributed by atoms with Gasteiger partial charge in [-0.15, -0.1) is 11.8 Å². The van der Waals surface area contributed by atoms with Crippen molar-refractivity contribution in [3.63, 3.8) is 0 Å². The number of imide groups is 1. The lowest BCUT2D eigenvalue weighted by Gasteiger charge is -2.43. The van der Waals surface area contributed by atoms with E-state index < -0.39 is 0 Å². The van der Waals surface area contributed by atoms with Gasteiger partial charge in [0, 0.05) is 25.6 Å². The molecular weight excluding hydrogens is 446 g/mol. The second-order valence-corrected chi connectivity index (χ2v) is 11.0. The number of amides is 4. The second kappa shape index (κ2) is 11.4. The number of benzene rings is 1. The minimum atomic E-state index is -0.256. The number of thioether (sulfide) groups is 1. The Kier molecular flexibility index (Phi) is 8.35. The van der Waals surface area contributed by atoms with Crippen LogP contribution in [0.25, 0.3) is 0 Å². The second-order valence-electron chi connectivity index (χ2n) is 9.94. The molecule has 1 aliphatic carbocycles. The summed E-state index contributed by atoms with van der Waals surface area (Å²) in [6, 6.07) is 7.85. The minimum Gasteiger partial charge on any atom is -0.356 e. The van der Waals surface area contributed by atoms with Crippen molar-refractivity contribution in [1.82, 2.24) is 15.1 Å². The average Bonchev–Trinajstić information content (AvgIpc) is 3.34. The fraction of sp³-hybridized carbons (Fsp3) is 0.593. The highest BCUT2D eigenvalue weighted by molar-refractivity contribution is 8.03. The molecule has 1 N–H and O–H groups in total. The number of hydrogen-bond acceptors (Lipinski definition) is 4. The van der Waals surface area contributed by atoms with Crippen molar-refractivity contribution >= 4 is 29.6 Å². The zero-order valence-electron chi connectivity index (χ0n) is 20.4. The number of nitrogens with one attached hydrogen (secondary N) is 1. The van der Waals surface area contributed by atoms with Gasteiger partial charge in [0.15, 0.2) is 0 Å². The molecule has 2 unspecified atom stereocenters. The molecule has 2 heterocycles. The average molecular weight is 484 g/mol. The van der Waals surface area contributed by atoms with E-state index in [-0.39, 0.29) is 41.0 Å². The van der Waals surface area contributed by atoms with E-state index in [0.717, 1.165) is 57.1 Å². The van der Waals surface area contributed by atoms with Gasteiger partial charge in [-0.2, -0.15) is 0 Å². The number of aryl methyl sites for hydroxylation is 1. The summed E-state index contributed by atoms with van der Waals surface area (Å²) in [5.74, 6) is 0.415. The quantitative estimate of drug-likeness (QED) is 0.509. The molecule has 1 aromatic rings. The fourth-order valence-corrected chi connectivity index (χ4v) is 6.28. The van der Waals surface area contributed by atoms with Crippen molar-refractivity contribution in [1.29, 1.82) is 0 Å².